The second kappa shape index (κ2) is 6.50. The average molecular weight is 286 g/mol. The van der Waals surface area contributed by atoms with E-state index in [1.54, 1.807) is 4.90 Å². The van der Waals surface area contributed by atoms with Crippen LogP contribution in [0.3, 0.4) is 0 Å². The van der Waals surface area contributed by atoms with E-state index in [0.29, 0.717) is 11.7 Å². The summed E-state index contributed by atoms with van der Waals surface area (Å²) in [5.74, 6) is 0. The molecule has 0 amide bonds. The minimum absolute atomic E-state index is 0.342. The third-order valence-electron chi connectivity index (χ3n) is 3.25. The van der Waals surface area contributed by atoms with E-state index < -0.39 is 6.10 Å². The molecule has 0 aromatic heterocycles. The fraction of sp³-hybridized carbons (Fsp3) is 0.188. The van der Waals surface area contributed by atoms with Crippen LogP contribution in [0.2, 0.25) is 0 Å². The van der Waals surface area contributed by atoms with Crippen LogP contribution in [0.15, 0.2) is 54.6 Å². The van der Waals surface area contributed by atoms with Gasteiger partial charge in [0.1, 0.15) is 6.10 Å². The molecule has 2 aromatic carbocycles. The summed E-state index contributed by atoms with van der Waals surface area (Å²) in [5.41, 5.74) is 8.38. The highest BCUT2D eigenvalue weighted by molar-refractivity contribution is 7.80. The fourth-order valence-corrected chi connectivity index (χ4v) is 2.16. The molecule has 0 aliphatic heterocycles. The maximum atomic E-state index is 10.5. The van der Waals surface area contributed by atoms with Crippen molar-refractivity contribution in [2.75, 3.05) is 7.05 Å². The quantitative estimate of drug-likeness (QED) is 0.848. The highest BCUT2D eigenvalue weighted by Gasteiger charge is 2.15. The van der Waals surface area contributed by atoms with E-state index in [9.17, 15) is 5.11 Å². The van der Waals surface area contributed by atoms with Crippen molar-refractivity contribution in [2.24, 2.45) is 5.73 Å². The van der Waals surface area contributed by atoms with Gasteiger partial charge in [-0.1, -0.05) is 54.6 Å². The Morgan fingerprint density at radius 3 is 2.40 bits per heavy atom. The van der Waals surface area contributed by atoms with Gasteiger partial charge < -0.3 is 15.7 Å². The molecule has 2 aromatic rings. The molecule has 0 aliphatic carbocycles. The van der Waals surface area contributed by atoms with Gasteiger partial charge in [0.25, 0.3) is 0 Å². The summed E-state index contributed by atoms with van der Waals surface area (Å²) in [5, 5.41) is 10.9. The summed E-state index contributed by atoms with van der Waals surface area (Å²) < 4.78 is 0. The number of hydrogen-bond donors (Lipinski definition) is 2. The van der Waals surface area contributed by atoms with E-state index in [-0.39, 0.29) is 0 Å². The molecule has 3 nitrogen and oxygen atoms in total. The summed E-state index contributed by atoms with van der Waals surface area (Å²) in [6.45, 7) is 0.579. The second-order valence-electron chi connectivity index (χ2n) is 4.71. The van der Waals surface area contributed by atoms with Gasteiger partial charge in [0, 0.05) is 13.6 Å². The number of hydrogen-bond acceptors (Lipinski definition) is 2. The molecule has 4 heteroatoms. The van der Waals surface area contributed by atoms with Crippen LogP contribution in [0.25, 0.3) is 0 Å². The van der Waals surface area contributed by atoms with Gasteiger partial charge in [-0.05, 0) is 28.9 Å². The number of thiocarbonyl (C=S) groups is 1. The normalized spacial score (nSPS) is 11.9. The highest BCUT2D eigenvalue weighted by atomic mass is 32.1. The van der Waals surface area contributed by atoms with Crippen molar-refractivity contribution in [3.05, 3.63) is 71.3 Å². The van der Waals surface area contributed by atoms with Crippen LogP contribution in [-0.2, 0) is 6.54 Å². The van der Waals surface area contributed by atoms with Gasteiger partial charge in [-0.15, -0.1) is 0 Å². The summed E-state index contributed by atoms with van der Waals surface area (Å²) in [6.07, 6.45) is -0.646. The zero-order valence-electron chi connectivity index (χ0n) is 11.4. The molecule has 0 aliphatic rings. The lowest BCUT2D eigenvalue weighted by Gasteiger charge is -2.21. The molecule has 2 rings (SSSR count). The molecule has 0 spiro atoms. The Hall–Kier alpha value is -1.91. The first-order valence-corrected chi connectivity index (χ1v) is 6.82. The molecule has 0 saturated heterocycles. The number of aliphatic hydroxyl groups excluding tert-OH is 1. The van der Waals surface area contributed by atoms with E-state index >= 15 is 0 Å². The molecule has 1 unspecified atom stereocenters. The van der Waals surface area contributed by atoms with Gasteiger partial charge in [0.05, 0.1) is 0 Å². The monoisotopic (exact) mass is 286 g/mol. The Morgan fingerprint density at radius 1 is 1.15 bits per heavy atom. The number of nitrogens with zero attached hydrogens (tertiary/aromatic N) is 1. The summed E-state index contributed by atoms with van der Waals surface area (Å²) in [6, 6.07) is 17.4. The third-order valence-corrected chi connectivity index (χ3v) is 3.56. The second-order valence-corrected chi connectivity index (χ2v) is 5.12. The lowest BCUT2D eigenvalue weighted by Crippen LogP contribution is -2.31. The van der Waals surface area contributed by atoms with Crippen LogP contribution in [0.1, 0.15) is 22.8 Å². The van der Waals surface area contributed by atoms with Crippen molar-refractivity contribution in [3.63, 3.8) is 0 Å². The zero-order chi connectivity index (χ0) is 14.5. The fourth-order valence-electron chi connectivity index (χ4n) is 2.09. The standard InChI is InChI=1S/C16H18N2OS/c1-18(16(17)20)11-13-9-5-6-10-14(13)15(19)12-7-3-2-4-8-12/h2-10,15,19H,11H2,1H3,(H2,17,20). The molecule has 0 radical (unpaired) electrons. The number of benzene rings is 2. The van der Waals surface area contributed by atoms with Gasteiger partial charge in [-0.25, -0.2) is 0 Å². The SMILES string of the molecule is CN(Cc1ccccc1C(O)c1ccccc1)C(N)=S. The Bertz CT molecular complexity index is 586. The van der Waals surface area contributed by atoms with Crippen LogP contribution in [-0.4, -0.2) is 22.2 Å². The molecule has 104 valence electrons. The number of rotatable bonds is 4. The van der Waals surface area contributed by atoms with E-state index in [0.717, 1.165) is 16.7 Å². The minimum atomic E-state index is -0.646. The first kappa shape index (κ1) is 14.5. The average Bonchev–Trinajstić information content (AvgIpc) is 2.48. The lowest BCUT2D eigenvalue weighted by molar-refractivity contribution is 0.218. The van der Waals surface area contributed by atoms with Crippen LogP contribution < -0.4 is 5.73 Å². The van der Waals surface area contributed by atoms with Crippen molar-refractivity contribution >= 4 is 17.3 Å². The summed E-state index contributed by atoms with van der Waals surface area (Å²) >= 11 is 4.96. The number of aliphatic hydroxyl groups is 1. The topological polar surface area (TPSA) is 49.5 Å². The summed E-state index contributed by atoms with van der Waals surface area (Å²) in [7, 11) is 1.84. The number of nitrogens with two attached hydrogens (primary N) is 1. The van der Waals surface area contributed by atoms with Crippen LogP contribution in [0, 0.1) is 0 Å². The van der Waals surface area contributed by atoms with Gasteiger partial charge >= 0.3 is 0 Å². The van der Waals surface area contributed by atoms with Crippen molar-refractivity contribution in [1.29, 1.82) is 0 Å². The van der Waals surface area contributed by atoms with Gasteiger partial charge in [0.15, 0.2) is 5.11 Å². The van der Waals surface area contributed by atoms with Crippen molar-refractivity contribution < 1.29 is 5.11 Å². The smallest absolute Gasteiger partial charge is 0.166 e. The van der Waals surface area contributed by atoms with Crippen molar-refractivity contribution in [2.45, 2.75) is 12.6 Å². The Morgan fingerprint density at radius 2 is 1.75 bits per heavy atom. The Labute approximate surface area is 124 Å². The van der Waals surface area contributed by atoms with Crippen LogP contribution >= 0.6 is 12.2 Å². The molecule has 20 heavy (non-hydrogen) atoms. The lowest BCUT2D eigenvalue weighted by atomic mass is 9.96. The van der Waals surface area contributed by atoms with Gasteiger partial charge in [-0.3, -0.25) is 0 Å². The summed E-state index contributed by atoms with van der Waals surface area (Å²) in [4.78, 5) is 1.78. The van der Waals surface area contributed by atoms with Crippen LogP contribution in [0.4, 0.5) is 0 Å². The largest absolute Gasteiger partial charge is 0.384 e. The van der Waals surface area contributed by atoms with Gasteiger partial charge in [0.2, 0.25) is 0 Å². The Balaban J connectivity index is 2.30. The molecule has 0 bridgehead atoms. The highest BCUT2D eigenvalue weighted by Crippen LogP contribution is 2.25. The predicted octanol–water partition coefficient (Wildman–Crippen LogP) is 2.44. The predicted molar refractivity (Wildman–Crippen MR) is 85.2 cm³/mol. The first-order chi connectivity index (χ1) is 9.59. The maximum absolute atomic E-state index is 10.5. The maximum Gasteiger partial charge on any atom is 0.166 e. The van der Waals surface area contributed by atoms with Gasteiger partial charge in [-0.2, -0.15) is 0 Å². The van der Waals surface area contributed by atoms with E-state index in [1.807, 2.05) is 61.6 Å². The zero-order valence-corrected chi connectivity index (χ0v) is 12.2. The van der Waals surface area contributed by atoms with Crippen molar-refractivity contribution in [1.82, 2.24) is 4.90 Å². The van der Waals surface area contributed by atoms with Crippen molar-refractivity contribution in [3.8, 4) is 0 Å². The molecular weight excluding hydrogens is 268 g/mol. The van der Waals surface area contributed by atoms with E-state index in [1.165, 1.54) is 0 Å². The third kappa shape index (κ3) is 3.35. The molecule has 3 N–H and O–H groups in total. The molecule has 0 fully saturated rings. The van der Waals surface area contributed by atoms with Crippen LogP contribution in [0.5, 0.6) is 0 Å². The molecule has 1 atom stereocenters. The minimum Gasteiger partial charge on any atom is -0.384 e. The molecular formula is C16H18N2OS. The first-order valence-electron chi connectivity index (χ1n) is 6.41. The Kier molecular flexibility index (Phi) is 4.71. The molecule has 0 heterocycles. The van der Waals surface area contributed by atoms with E-state index in [4.69, 9.17) is 18.0 Å². The molecule has 0 saturated carbocycles. The van der Waals surface area contributed by atoms with E-state index in [2.05, 4.69) is 0 Å².